The van der Waals surface area contributed by atoms with Crippen LogP contribution in [0.1, 0.15) is 45.4 Å². The quantitative estimate of drug-likeness (QED) is 0.453. The molecule has 0 amide bonds. The second-order valence-electron chi connectivity index (χ2n) is 6.60. The number of ether oxygens (including phenoxy) is 2. The van der Waals surface area contributed by atoms with Crippen LogP contribution in [0.3, 0.4) is 0 Å². The van der Waals surface area contributed by atoms with E-state index in [9.17, 15) is 9.59 Å². The molecule has 4 nitrogen and oxygen atoms in total. The van der Waals surface area contributed by atoms with Crippen molar-refractivity contribution < 1.29 is 19.1 Å². The Kier molecular flexibility index (Phi) is 3.64. The standard InChI is InChI=1S/C17H22O4/c1-3-15(18)20-10-11(2)16(19)21-17-8-7-12(9-17)13-5-4-6-14(13)17/h3,10,12-14H,1,4-9H2,2H3. The lowest BCUT2D eigenvalue weighted by Gasteiger charge is -2.35. The molecule has 2 bridgehead atoms. The average Bonchev–Trinajstić information content (AvgIpc) is 3.16. The van der Waals surface area contributed by atoms with Gasteiger partial charge >= 0.3 is 11.9 Å². The van der Waals surface area contributed by atoms with Crippen LogP contribution in [0.4, 0.5) is 0 Å². The van der Waals surface area contributed by atoms with Crippen LogP contribution in [-0.2, 0) is 19.1 Å². The zero-order valence-electron chi connectivity index (χ0n) is 12.5. The molecule has 0 aromatic heterocycles. The van der Waals surface area contributed by atoms with Gasteiger partial charge in [-0.25, -0.2) is 9.59 Å². The third-order valence-corrected chi connectivity index (χ3v) is 5.53. The molecule has 114 valence electrons. The predicted molar refractivity (Wildman–Crippen MR) is 77.0 cm³/mol. The molecule has 3 fully saturated rings. The molecule has 0 aromatic rings. The highest BCUT2D eigenvalue weighted by atomic mass is 16.6. The van der Waals surface area contributed by atoms with E-state index in [0.717, 1.165) is 37.0 Å². The van der Waals surface area contributed by atoms with Gasteiger partial charge in [-0.15, -0.1) is 0 Å². The highest BCUT2D eigenvalue weighted by Gasteiger charge is 2.61. The molecule has 3 saturated carbocycles. The number of esters is 2. The summed E-state index contributed by atoms with van der Waals surface area (Å²) >= 11 is 0. The Bertz CT molecular complexity index is 507. The van der Waals surface area contributed by atoms with Crippen LogP contribution < -0.4 is 0 Å². The van der Waals surface area contributed by atoms with E-state index in [1.165, 1.54) is 25.7 Å². The van der Waals surface area contributed by atoms with Gasteiger partial charge in [0.2, 0.25) is 0 Å². The maximum Gasteiger partial charge on any atom is 0.337 e. The minimum atomic E-state index is -0.571. The molecule has 4 heteroatoms. The maximum absolute atomic E-state index is 12.3. The zero-order valence-corrected chi connectivity index (χ0v) is 12.5. The van der Waals surface area contributed by atoms with E-state index < -0.39 is 5.97 Å². The SMILES string of the molecule is C=CC(=O)OC=C(C)C(=O)OC12CCC(C1)C1CCCC12. The summed E-state index contributed by atoms with van der Waals surface area (Å²) in [6.45, 7) is 4.93. The summed E-state index contributed by atoms with van der Waals surface area (Å²) in [7, 11) is 0. The molecule has 3 aliphatic rings. The van der Waals surface area contributed by atoms with Crippen molar-refractivity contribution in [3.63, 3.8) is 0 Å². The maximum atomic E-state index is 12.3. The predicted octanol–water partition coefficient (Wildman–Crippen LogP) is 3.13. The Balaban J connectivity index is 1.67. The van der Waals surface area contributed by atoms with E-state index in [1.54, 1.807) is 6.92 Å². The second-order valence-corrected chi connectivity index (χ2v) is 6.60. The van der Waals surface area contributed by atoms with E-state index >= 15 is 0 Å². The highest BCUT2D eigenvalue weighted by Crippen LogP contribution is 2.62. The molecular formula is C17H22O4. The first-order valence-electron chi connectivity index (χ1n) is 7.79. The van der Waals surface area contributed by atoms with Crippen LogP contribution in [0.5, 0.6) is 0 Å². The van der Waals surface area contributed by atoms with Crippen LogP contribution in [0.15, 0.2) is 24.5 Å². The van der Waals surface area contributed by atoms with Gasteiger partial charge in [0, 0.05) is 12.0 Å². The van der Waals surface area contributed by atoms with Gasteiger partial charge in [-0.1, -0.05) is 13.0 Å². The van der Waals surface area contributed by atoms with Crippen LogP contribution >= 0.6 is 0 Å². The molecule has 3 rings (SSSR count). The summed E-state index contributed by atoms with van der Waals surface area (Å²) in [5.74, 6) is 1.12. The van der Waals surface area contributed by atoms with E-state index in [4.69, 9.17) is 9.47 Å². The molecule has 0 aliphatic heterocycles. The molecule has 0 saturated heterocycles. The molecule has 0 aromatic carbocycles. The molecule has 0 heterocycles. The Morgan fingerprint density at radius 1 is 1.29 bits per heavy atom. The molecule has 4 unspecified atom stereocenters. The first-order valence-corrected chi connectivity index (χ1v) is 7.79. The summed E-state index contributed by atoms with van der Waals surface area (Å²) in [4.78, 5) is 23.3. The van der Waals surface area contributed by atoms with E-state index in [2.05, 4.69) is 6.58 Å². The van der Waals surface area contributed by atoms with Gasteiger partial charge in [0.15, 0.2) is 0 Å². The lowest BCUT2D eigenvalue weighted by atomic mass is 9.79. The van der Waals surface area contributed by atoms with Gasteiger partial charge in [0.05, 0.1) is 5.57 Å². The van der Waals surface area contributed by atoms with Crippen LogP contribution in [-0.4, -0.2) is 17.5 Å². The minimum absolute atomic E-state index is 0.250. The number of rotatable bonds is 4. The van der Waals surface area contributed by atoms with Gasteiger partial charge in [-0.05, 0) is 50.9 Å². The molecule has 21 heavy (non-hydrogen) atoms. The first-order chi connectivity index (χ1) is 10.1. The fourth-order valence-corrected chi connectivity index (χ4v) is 4.66. The normalized spacial score (nSPS) is 37.2. The van der Waals surface area contributed by atoms with Crippen LogP contribution in [0.2, 0.25) is 0 Å². The summed E-state index contributed by atoms with van der Waals surface area (Å²) in [6.07, 6.45) is 9.16. The second kappa shape index (κ2) is 5.32. The van der Waals surface area contributed by atoms with Gasteiger partial charge < -0.3 is 9.47 Å². The number of hydrogen-bond donors (Lipinski definition) is 0. The number of carbonyl (C=O) groups is 2. The molecule has 0 spiro atoms. The highest BCUT2D eigenvalue weighted by molar-refractivity contribution is 5.89. The summed E-state index contributed by atoms with van der Waals surface area (Å²) in [5.41, 5.74) is 0.0740. The fourth-order valence-electron chi connectivity index (χ4n) is 4.66. The smallest absolute Gasteiger partial charge is 0.337 e. The van der Waals surface area contributed by atoms with Crippen molar-refractivity contribution in [1.82, 2.24) is 0 Å². The van der Waals surface area contributed by atoms with Crippen molar-refractivity contribution in [1.29, 1.82) is 0 Å². The van der Waals surface area contributed by atoms with Crippen molar-refractivity contribution in [3.05, 3.63) is 24.5 Å². The summed E-state index contributed by atoms with van der Waals surface area (Å²) in [6, 6.07) is 0. The zero-order chi connectivity index (χ0) is 15.0. The largest absolute Gasteiger partial charge is 0.455 e. The molecule has 0 radical (unpaired) electrons. The Morgan fingerprint density at radius 2 is 2.10 bits per heavy atom. The molecule has 3 aliphatic carbocycles. The van der Waals surface area contributed by atoms with Crippen molar-refractivity contribution in [2.75, 3.05) is 0 Å². The van der Waals surface area contributed by atoms with Crippen molar-refractivity contribution in [2.24, 2.45) is 17.8 Å². The van der Waals surface area contributed by atoms with Crippen molar-refractivity contribution >= 4 is 11.9 Å². The molecule has 4 atom stereocenters. The fraction of sp³-hybridized carbons (Fsp3) is 0.647. The van der Waals surface area contributed by atoms with Gasteiger partial charge in [-0.3, -0.25) is 0 Å². The Labute approximate surface area is 125 Å². The van der Waals surface area contributed by atoms with E-state index in [1.807, 2.05) is 0 Å². The topological polar surface area (TPSA) is 52.6 Å². The number of hydrogen-bond acceptors (Lipinski definition) is 4. The lowest BCUT2D eigenvalue weighted by Crippen LogP contribution is -2.39. The monoisotopic (exact) mass is 290 g/mol. The number of carbonyl (C=O) groups excluding carboxylic acids is 2. The Hall–Kier alpha value is -1.58. The van der Waals surface area contributed by atoms with Crippen molar-refractivity contribution in [3.8, 4) is 0 Å². The number of fused-ring (bicyclic) bond motifs is 5. The minimum Gasteiger partial charge on any atom is -0.455 e. The lowest BCUT2D eigenvalue weighted by molar-refractivity contribution is -0.159. The molecular weight excluding hydrogens is 268 g/mol. The van der Waals surface area contributed by atoms with E-state index in [-0.39, 0.29) is 11.6 Å². The summed E-state index contributed by atoms with van der Waals surface area (Å²) < 4.78 is 10.7. The van der Waals surface area contributed by atoms with E-state index in [0.29, 0.717) is 11.5 Å². The van der Waals surface area contributed by atoms with Gasteiger partial charge in [0.1, 0.15) is 11.9 Å². The average molecular weight is 290 g/mol. The van der Waals surface area contributed by atoms with Crippen LogP contribution in [0.25, 0.3) is 0 Å². The third kappa shape index (κ3) is 2.41. The van der Waals surface area contributed by atoms with Crippen LogP contribution in [0, 0.1) is 17.8 Å². The van der Waals surface area contributed by atoms with Gasteiger partial charge in [0.25, 0.3) is 0 Å². The molecule has 0 N–H and O–H groups in total. The van der Waals surface area contributed by atoms with Crippen molar-refractivity contribution in [2.45, 2.75) is 51.0 Å². The Morgan fingerprint density at radius 3 is 2.86 bits per heavy atom. The third-order valence-electron chi connectivity index (χ3n) is 5.53. The summed E-state index contributed by atoms with van der Waals surface area (Å²) in [5, 5.41) is 0. The first kappa shape index (κ1) is 14.4. The van der Waals surface area contributed by atoms with Gasteiger partial charge in [-0.2, -0.15) is 0 Å².